The van der Waals surface area contributed by atoms with Gasteiger partial charge in [-0.15, -0.1) is 5.10 Å². The van der Waals surface area contributed by atoms with Gasteiger partial charge in [0.15, 0.2) is 5.65 Å². The molecule has 2 aromatic carbocycles. The number of pyridine rings is 1. The highest BCUT2D eigenvalue weighted by Crippen LogP contribution is 2.15. The standard InChI is InChI=1S/C22H20ClN5O4S/c1-15(26-33(31,32)19-10-8-17(23)9-11-19)21(29)24-18-6-4-5-16(13-18)14-28-22(30)27-12-3-2-7-20(27)25-28/h2-13,15,26H,14H2,1H3,(H,24,29)/t15-/m0/s1. The van der Waals surface area contributed by atoms with Crippen LogP contribution in [0.3, 0.4) is 0 Å². The number of carbonyl (C=O) groups is 1. The number of benzene rings is 2. The molecule has 2 heterocycles. The second-order valence-corrected chi connectivity index (χ2v) is 9.51. The number of amides is 1. The zero-order chi connectivity index (χ0) is 23.6. The summed E-state index contributed by atoms with van der Waals surface area (Å²) in [4.78, 5) is 25.1. The SMILES string of the molecule is C[C@H](NS(=O)(=O)c1ccc(Cl)cc1)C(=O)Nc1cccc(Cn2nc3ccccn3c2=O)c1. The van der Waals surface area contributed by atoms with Crippen molar-refractivity contribution >= 4 is 38.9 Å². The number of anilines is 1. The van der Waals surface area contributed by atoms with Crippen molar-refractivity contribution in [3.8, 4) is 0 Å². The highest BCUT2D eigenvalue weighted by molar-refractivity contribution is 7.89. The van der Waals surface area contributed by atoms with Crippen LogP contribution in [0.15, 0.2) is 82.6 Å². The van der Waals surface area contributed by atoms with Crippen molar-refractivity contribution in [3.05, 3.63) is 94.0 Å². The minimum absolute atomic E-state index is 0.00597. The number of hydrogen-bond donors (Lipinski definition) is 2. The molecule has 4 aromatic rings. The van der Waals surface area contributed by atoms with Crippen LogP contribution in [-0.4, -0.2) is 34.5 Å². The fourth-order valence-corrected chi connectivity index (χ4v) is 4.54. The van der Waals surface area contributed by atoms with Crippen molar-refractivity contribution in [2.75, 3.05) is 5.32 Å². The van der Waals surface area contributed by atoms with Gasteiger partial charge in [0.1, 0.15) is 0 Å². The fourth-order valence-electron chi connectivity index (χ4n) is 3.21. The normalized spacial score (nSPS) is 12.5. The van der Waals surface area contributed by atoms with Crippen LogP contribution in [0.1, 0.15) is 12.5 Å². The summed E-state index contributed by atoms with van der Waals surface area (Å²) in [6.45, 7) is 1.66. The Balaban J connectivity index is 1.45. The number of carbonyl (C=O) groups excluding carboxylic acids is 1. The van der Waals surface area contributed by atoms with E-state index in [1.54, 1.807) is 48.7 Å². The maximum Gasteiger partial charge on any atom is 0.350 e. The Morgan fingerprint density at radius 3 is 2.58 bits per heavy atom. The minimum atomic E-state index is -3.90. The van der Waals surface area contributed by atoms with Crippen LogP contribution in [0.4, 0.5) is 5.69 Å². The van der Waals surface area contributed by atoms with Gasteiger partial charge in [0, 0.05) is 16.9 Å². The predicted octanol–water partition coefficient (Wildman–Crippen LogP) is 2.50. The minimum Gasteiger partial charge on any atom is -0.325 e. The molecule has 0 spiro atoms. The number of sulfonamides is 1. The fraction of sp³-hybridized carbons (Fsp3) is 0.136. The first-order valence-electron chi connectivity index (χ1n) is 9.95. The van der Waals surface area contributed by atoms with Gasteiger partial charge in [-0.1, -0.05) is 29.8 Å². The molecule has 0 saturated carbocycles. The summed E-state index contributed by atoms with van der Waals surface area (Å²) >= 11 is 5.80. The molecule has 0 aliphatic rings. The molecular weight excluding hydrogens is 466 g/mol. The summed E-state index contributed by atoms with van der Waals surface area (Å²) in [5.41, 5.74) is 1.47. The average Bonchev–Trinajstić information content (AvgIpc) is 3.09. The second kappa shape index (κ2) is 9.18. The lowest BCUT2D eigenvalue weighted by molar-refractivity contribution is -0.117. The van der Waals surface area contributed by atoms with Crippen LogP contribution in [-0.2, 0) is 21.4 Å². The van der Waals surface area contributed by atoms with Crippen molar-refractivity contribution < 1.29 is 13.2 Å². The molecule has 1 amide bonds. The molecule has 1 atom stereocenters. The number of hydrogen-bond acceptors (Lipinski definition) is 5. The van der Waals surface area contributed by atoms with Crippen LogP contribution in [0.2, 0.25) is 5.02 Å². The summed E-state index contributed by atoms with van der Waals surface area (Å²) in [7, 11) is -3.90. The molecule has 33 heavy (non-hydrogen) atoms. The molecule has 9 nitrogen and oxygen atoms in total. The third-order valence-corrected chi connectivity index (χ3v) is 6.67. The molecule has 0 radical (unpaired) electrons. The molecule has 2 N–H and O–H groups in total. The monoisotopic (exact) mass is 485 g/mol. The zero-order valence-corrected chi connectivity index (χ0v) is 19.0. The van der Waals surface area contributed by atoms with E-state index in [4.69, 9.17) is 11.6 Å². The number of halogens is 1. The number of nitrogens with one attached hydrogen (secondary N) is 2. The summed E-state index contributed by atoms with van der Waals surface area (Å²) < 4.78 is 30.1. The third-order valence-electron chi connectivity index (χ3n) is 4.86. The molecule has 0 fully saturated rings. The van der Waals surface area contributed by atoms with E-state index in [9.17, 15) is 18.0 Å². The Hall–Kier alpha value is -3.47. The first kappa shape index (κ1) is 22.7. The van der Waals surface area contributed by atoms with E-state index in [-0.39, 0.29) is 17.1 Å². The van der Waals surface area contributed by atoms with Gasteiger partial charge in [0.25, 0.3) is 0 Å². The predicted molar refractivity (Wildman–Crippen MR) is 125 cm³/mol. The van der Waals surface area contributed by atoms with Crippen LogP contribution in [0.25, 0.3) is 5.65 Å². The topological polar surface area (TPSA) is 115 Å². The lowest BCUT2D eigenvalue weighted by Crippen LogP contribution is -2.41. The van der Waals surface area contributed by atoms with Crippen LogP contribution in [0, 0.1) is 0 Å². The quantitative estimate of drug-likeness (QED) is 0.417. The molecule has 4 rings (SSSR count). The van der Waals surface area contributed by atoms with Crippen LogP contribution < -0.4 is 15.7 Å². The van der Waals surface area contributed by atoms with Crippen molar-refractivity contribution in [2.45, 2.75) is 24.4 Å². The van der Waals surface area contributed by atoms with Crippen molar-refractivity contribution in [2.24, 2.45) is 0 Å². The molecule has 0 bridgehead atoms. The van der Waals surface area contributed by atoms with E-state index >= 15 is 0 Å². The van der Waals surface area contributed by atoms with Crippen LogP contribution in [0.5, 0.6) is 0 Å². The van der Waals surface area contributed by atoms with Gasteiger partial charge >= 0.3 is 5.69 Å². The summed E-state index contributed by atoms with van der Waals surface area (Å²) in [5.74, 6) is -0.533. The number of nitrogens with zero attached hydrogens (tertiary/aromatic N) is 3. The van der Waals surface area contributed by atoms with E-state index in [0.717, 1.165) is 5.56 Å². The Morgan fingerprint density at radius 2 is 1.85 bits per heavy atom. The van der Waals surface area contributed by atoms with Gasteiger partial charge in [-0.05, 0) is 61.0 Å². The number of aromatic nitrogens is 3. The first-order valence-corrected chi connectivity index (χ1v) is 11.8. The van der Waals surface area contributed by atoms with E-state index in [2.05, 4.69) is 15.1 Å². The van der Waals surface area contributed by atoms with Gasteiger partial charge < -0.3 is 5.32 Å². The Morgan fingerprint density at radius 1 is 1.09 bits per heavy atom. The van der Waals surface area contributed by atoms with E-state index in [0.29, 0.717) is 16.4 Å². The van der Waals surface area contributed by atoms with E-state index < -0.39 is 22.0 Å². The van der Waals surface area contributed by atoms with E-state index in [1.165, 1.54) is 40.3 Å². The van der Waals surface area contributed by atoms with E-state index in [1.807, 2.05) is 0 Å². The van der Waals surface area contributed by atoms with Crippen molar-refractivity contribution in [1.29, 1.82) is 0 Å². The molecule has 0 unspecified atom stereocenters. The molecule has 0 saturated heterocycles. The van der Waals surface area contributed by atoms with Gasteiger partial charge in [-0.3, -0.25) is 9.20 Å². The maximum atomic E-state index is 12.6. The summed E-state index contributed by atoms with van der Waals surface area (Å²) in [5, 5.41) is 7.40. The highest BCUT2D eigenvalue weighted by Gasteiger charge is 2.22. The lowest BCUT2D eigenvalue weighted by atomic mass is 10.2. The third kappa shape index (κ3) is 5.14. The molecule has 0 aliphatic heterocycles. The van der Waals surface area contributed by atoms with Gasteiger partial charge in [0.2, 0.25) is 15.9 Å². The molecule has 170 valence electrons. The largest absolute Gasteiger partial charge is 0.350 e. The zero-order valence-electron chi connectivity index (χ0n) is 17.5. The maximum absolute atomic E-state index is 12.6. The van der Waals surface area contributed by atoms with Gasteiger partial charge in [0.05, 0.1) is 17.5 Å². The molecule has 2 aromatic heterocycles. The Bertz CT molecular complexity index is 1480. The smallest absolute Gasteiger partial charge is 0.325 e. The number of rotatable bonds is 7. The van der Waals surface area contributed by atoms with Crippen molar-refractivity contribution in [3.63, 3.8) is 0 Å². The molecular formula is C22H20ClN5O4S. The summed E-state index contributed by atoms with van der Waals surface area (Å²) in [6.07, 6.45) is 1.64. The lowest BCUT2D eigenvalue weighted by Gasteiger charge is -2.15. The molecule has 0 aliphatic carbocycles. The average molecular weight is 486 g/mol. The van der Waals surface area contributed by atoms with Gasteiger partial charge in [-0.2, -0.15) is 4.72 Å². The van der Waals surface area contributed by atoms with Crippen molar-refractivity contribution in [1.82, 2.24) is 18.9 Å². The first-order chi connectivity index (χ1) is 15.7. The van der Waals surface area contributed by atoms with Gasteiger partial charge in [-0.25, -0.2) is 17.9 Å². The number of fused-ring (bicyclic) bond motifs is 1. The van der Waals surface area contributed by atoms with Crippen LogP contribution >= 0.6 is 11.6 Å². The Labute approximate surface area is 194 Å². The second-order valence-electron chi connectivity index (χ2n) is 7.36. The molecule has 11 heteroatoms. The Kier molecular flexibility index (Phi) is 6.32. The summed E-state index contributed by atoms with van der Waals surface area (Å²) in [6, 6.07) is 16.8. The highest BCUT2D eigenvalue weighted by atomic mass is 35.5.